The molecule has 0 rings (SSSR count). The lowest BCUT2D eigenvalue weighted by atomic mass is 10.3. The second-order valence-corrected chi connectivity index (χ2v) is 3.11. The number of aliphatic hydroxyl groups is 1. The molecule has 0 aliphatic heterocycles. The third-order valence-electron chi connectivity index (χ3n) is 0.770. The van der Waals surface area contributed by atoms with E-state index in [0.717, 1.165) is 0 Å². The van der Waals surface area contributed by atoms with E-state index in [-0.39, 0.29) is 0 Å². The first-order valence-corrected chi connectivity index (χ1v) is 3.16. The van der Waals surface area contributed by atoms with Crippen LogP contribution in [0.25, 0.3) is 0 Å². The molecule has 9 heavy (non-hydrogen) atoms. The summed E-state index contributed by atoms with van der Waals surface area (Å²) in [7, 11) is 0. The van der Waals surface area contributed by atoms with Gasteiger partial charge < -0.3 is 5.11 Å². The quantitative estimate of drug-likeness (QED) is 0.648. The average molecular weight is 207 g/mol. The molecule has 5 heteroatoms. The van der Waals surface area contributed by atoms with Gasteiger partial charge in [0, 0.05) is 4.83 Å². The fraction of sp³-hybridized carbons (Fsp3) is 1.00. The first-order chi connectivity index (χ1) is 3.85. The molecule has 0 aromatic heterocycles. The zero-order valence-electron chi connectivity index (χ0n) is 4.61. The van der Waals surface area contributed by atoms with E-state index in [1.54, 1.807) is 0 Å². The van der Waals surface area contributed by atoms with Crippen molar-refractivity contribution in [3.05, 3.63) is 0 Å². The molecule has 0 heterocycles. The van der Waals surface area contributed by atoms with E-state index in [2.05, 4.69) is 15.9 Å². The zero-order chi connectivity index (χ0) is 7.65. The van der Waals surface area contributed by atoms with Crippen LogP contribution >= 0.6 is 15.9 Å². The van der Waals surface area contributed by atoms with Crippen LogP contribution in [0.3, 0.4) is 0 Å². The Balaban J connectivity index is 3.88. The van der Waals surface area contributed by atoms with Crippen molar-refractivity contribution in [2.24, 2.45) is 0 Å². The topological polar surface area (TPSA) is 20.2 Å². The predicted octanol–water partition coefficient (Wildman–Crippen LogP) is 1.69. The van der Waals surface area contributed by atoms with Gasteiger partial charge in [-0.3, -0.25) is 0 Å². The van der Waals surface area contributed by atoms with Crippen molar-refractivity contribution >= 4 is 15.9 Å². The van der Waals surface area contributed by atoms with E-state index in [1.165, 1.54) is 6.92 Å². The predicted molar refractivity (Wildman–Crippen MR) is 30.5 cm³/mol. The van der Waals surface area contributed by atoms with Gasteiger partial charge in [0.25, 0.3) is 0 Å². The van der Waals surface area contributed by atoms with Crippen LogP contribution in [0.15, 0.2) is 0 Å². The van der Waals surface area contributed by atoms with Crippen LogP contribution < -0.4 is 0 Å². The molecule has 0 aromatic carbocycles. The summed E-state index contributed by atoms with van der Waals surface area (Å²) in [6, 6.07) is 0. The molecule has 0 radical (unpaired) electrons. The lowest BCUT2D eigenvalue weighted by molar-refractivity contribution is -0.201. The first-order valence-electron chi connectivity index (χ1n) is 2.24. The Morgan fingerprint density at radius 1 is 1.44 bits per heavy atom. The van der Waals surface area contributed by atoms with Crippen molar-refractivity contribution in [2.75, 3.05) is 0 Å². The van der Waals surface area contributed by atoms with Crippen LogP contribution in [-0.4, -0.2) is 22.2 Å². The number of halogens is 4. The summed E-state index contributed by atoms with van der Waals surface area (Å²) in [4.78, 5) is -0.947. The second-order valence-electron chi connectivity index (χ2n) is 1.66. The van der Waals surface area contributed by atoms with Crippen LogP contribution in [0.1, 0.15) is 6.92 Å². The van der Waals surface area contributed by atoms with Gasteiger partial charge in [0.15, 0.2) is 6.10 Å². The highest BCUT2D eigenvalue weighted by atomic mass is 79.9. The number of hydrogen-bond acceptors (Lipinski definition) is 1. The van der Waals surface area contributed by atoms with Gasteiger partial charge in [0.2, 0.25) is 0 Å². The Morgan fingerprint density at radius 3 is 1.78 bits per heavy atom. The molecule has 0 aliphatic rings. The first kappa shape index (κ1) is 9.23. The SMILES string of the molecule is C[C@H](Br)[C@H](O)C(F)(F)F. The largest absolute Gasteiger partial charge is 0.415 e. The van der Waals surface area contributed by atoms with Crippen molar-refractivity contribution in [3.8, 4) is 0 Å². The molecule has 1 nitrogen and oxygen atoms in total. The van der Waals surface area contributed by atoms with Crippen LogP contribution in [0, 0.1) is 0 Å². The molecule has 2 atom stereocenters. The molecule has 0 saturated carbocycles. The molecule has 0 aliphatic carbocycles. The Labute approximate surface area is 59.0 Å². The number of alkyl halides is 4. The minimum absolute atomic E-state index is 0.947. The fourth-order valence-electron chi connectivity index (χ4n) is 0.260. The Morgan fingerprint density at radius 2 is 1.78 bits per heavy atom. The molecule has 0 saturated heterocycles. The standard InChI is InChI=1S/C4H6BrF3O/c1-2(5)3(9)4(6,7)8/h2-3,9H,1H3/t2-,3-/m0/s1. The van der Waals surface area contributed by atoms with Crippen molar-refractivity contribution in [2.45, 2.75) is 24.0 Å². The molecule has 0 bridgehead atoms. The van der Waals surface area contributed by atoms with Gasteiger partial charge in [-0.1, -0.05) is 15.9 Å². The maximum atomic E-state index is 11.4. The zero-order valence-corrected chi connectivity index (χ0v) is 6.20. The monoisotopic (exact) mass is 206 g/mol. The van der Waals surface area contributed by atoms with Crippen LogP contribution in [0.4, 0.5) is 13.2 Å². The maximum absolute atomic E-state index is 11.4. The van der Waals surface area contributed by atoms with Gasteiger partial charge in [-0.15, -0.1) is 0 Å². The van der Waals surface area contributed by atoms with Crippen LogP contribution in [0.2, 0.25) is 0 Å². The van der Waals surface area contributed by atoms with Crippen LogP contribution in [0.5, 0.6) is 0 Å². The van der Waals surface area contributed by atoms with Crippen molar-refractivity contribution in [1.29, 1.82) is 0 Å². The van der Waals surface area contributed by atoms with Gasteiger partial charge in [-0.25, -0.2) is 0 Å². The fourth-order valence-corrected chi connectivity index (χ4v) is 0.560. The average Bonchev–Trinajstić information content (AvgIpc) is 1.62. The molecule has 0 aromatic rings. The summed E-state index contributed by atoms with van der Waals surface area (Å²) in [6.45, 7) is 1.23. The molecule has 56 valence electrons. The van der Waals surface area contributed by atoms with Crippen LogP contribution in [-0.2, 0) is 0 Å². The Hall–Kier alpha value is 0.230. The highest BCUT2D eigenvalue weighted by Crippen LogP contribution is 2.25. The van der Waals surface area contributed by atoms with Gasteiger partial charge in [0.1, 0.15) is 0 Å². The maximum Gasteiger partial charge on any atom is 0.415 e. The van der Waals surface area contributed by atoms with E-state index >= 15 is 0 Å². The van der Waals surface area contributed by atoms with Gasteiger partial charge in [-0.05, 0) is 6.92 Å². The smallest absolute Gasteiger partial charge is 0.383 e. The van der Waals surface area contributed by atoms with E-state index < -0.39 is 17.1 Å². The summed E-state index contributed by atoms with van der Waals surface area (Å²) < 4.78 is 34.3. The minimum Gasteiger partial charge on any atom is -0.383 e. The molecule has 0 fully saturated rings. The van der Waals surface area contributed by atoms with Gasteiger partial charge in [-0.2, -0.15) is 13.2 Å². The minimum atomic E-state index is -4.51. The van der Waals surface area contributed by atoms with Crippen molar-refractivity contribution in [3.63, 3.8) is 0 Å². The number of aliphatic hydroxyl groups excluding tert-OH is 1. The van der Waals surface area contributed by atoms with Gasteiger partial charge in [0.05, 0.1) is 0 Å². The van der Waals surface area contributed by atoms with Gasteiger partial charge >= 0.3 is 6.18 Å². The van der Waals surface area contributed by atoms with E-state index in [0.29, 0.717) is 0 Å². The van der Waals surface area contributed by atoms with E-state index in [9.17, 15) is 13.2 Å². The summed E-state index contributed by atoms with van der Waals surface area (Å²) in [5.74, 6) is 0. The third kappa shape index (κ3) is 3.05. The molecular formula is C4H6BrF3O. The van der Waals surface area contributed by atoms with E-state index in [4.69, 9.17) is 5.11 Å². The molecule has 0 spiro atoms. The number of rotatable bonds is 1. The normalized spacial score (nSPS) is 19.3. The molecule has 1 N–H and O–H groups in total. The Kier molecular flexibility index (Phi) is 2.95. The summed E-state index contributed by atoms with van der Waals surface area (Å²) in [6.07, 6.45) is -6.78. The lowest BCUT2D eigenvalue weighted by Gasteiger charge is -2.15. The van der Waals surface area contributed by atoms with Crippen molar-refractivity contribution in [1.82, 2.24) is 0 Å². The molecule has 0 unspecified atom stereocenters. The van der Waals surface area contributed by atoms with E-state index in [1.807, 2.05) is 0 Å². The van der Waals surface area contributed by atoms with Crippen molar-refractivity contribution < 1.29 is 18.3 Å². The Bertz CT molecular complexity index is 90.3. The summed E-state index contributed by atoms with van der Waals surface area (Å²) in [5.41, 5.74) is 0. The third-order valence-corrected chi connectivity index (χ3v) is 1.27. The lowest BCUT2D eigenvalue weighted by Crippen LogP contribution is -2.34. The molecule has 0 amide bonds. The number of hydrogen-bond donors (Lipinski definition) is 1. The summed E-state index contributed by atoms with van der Waals surface area (Å²) >= 11 is 2.61. The highest BCUT2D eigenvalue weighted by Gasteiger charge is 2.40. The second kappa shape index (κ2) is 2.88. The highest BCUT2D eigenvalue weighted by molar-refractivity contribution is 9.09. The summed E-state index contributed by atoms with van der Waals surface area (Å²) in [5, 5.41) is 8.29. The molecular weight excluding hydrogens is 201 g/mol.